The Labute approximate surface area is 129 Å². The lowest BCUT2D eigenvalue weighted by Gasteiger charge is -2.22. The Morgan fingerprint density at radius 1 is 1.52 bits per heavy atom. The number of hydrogen-bond donors (Lipinski definition) is 2. The van der Waals surface area contributed by atoms with Crippen LogP contribution in [-0.2, 0) is 14.8 Å². The average Bonchev–Trinajstić information content (AvgIpc) is 3.07. The molecule has 6 nitrogen and oxygen atoms in total. The Morgan fingerprint density at radius 3 is 2.90 bits per heavy atom. The molecule has 0 saturated carbocycles. The third-order valence-electron chi connectivity index (χ3n) is 3.47. The van der Waals surface area contributed by atoms with Crippen molar-refractivity contribution in [1.82, 2.24) is 9.62 Å². The Morgan fingerprint density at radius 2 is 2.29 bits per heavy atom. The zero-order chi connectivity index (χ0) is 15.5. The summed E-state index contributed by atoms with van der Waals surface area (Å²) in [6, 6.07) is 2.79. The normalized spacial score (nSPS) is 19.8. The molecule has 8 heteroatoms. The van der Waals surface area contributed by atoms with Crippen LogP contribution in [-0.4, -0.2) is 44.3 Å². The van der Waals surface area contributed by atoms with Gasteiger partial charge in [-0.2, -0.15) is 4.31 Å². The van der Waals surface area contributed by atoms with Gasteiger partial charge in [0.25, 0.3) is 10.0 Å². The van der Waals surface area contributed by atoms with Crippen LogP contribution in [0.15, 0.2) is 16.3 Å². The largest absolute Gasteiger partial charge is 0.355 e. The number of nitrogens with two attached hydrogens (primary N) is 1. The number of sulfonamides is 1. The minimum absolute atomic E-state index is 0.224. The molecule has 0 aromatic carbocycles. The minimum Gasteiger partial charge on any atom is -0.355 e. The van der Waals surface area contributed by atoms with Crippen LogP contribution in [0.25, 0.3) is 0 Å². The van der Waals surface area contributed by atoms with Gasteiger partial charge in [0.2, 0.25) is 5.91 Å². The molecule has 3 N–H and O–H groups in total. The molecule has 1 atom stereocenters. The molecule has 0 spiro atoms. The number of amides is 1. The van der Waals surface area contributed by atoms with Gasteiger partial charge < -0.3 is 11.1 Å². The van der Waals surface area contributed by atoms with E-state index in [9.17, 15) is 13.2 Å². The number of hydrogen-bond acceptors (Lipinski definition) is 5. The summed E-state index contributed by atoms with van der Waals surface area (Å²) in [5.41, 5.74) is 5.39. The maximum Gasteiger partial charge on any atom is 0.253 e. The number of carbonyl (C=O) groups is 1. The highest BCUT2D eigenvalue weighted by Crippen LogP contribution is 2.30. The second kappa shape index (κ2) is 6.87. The summed E-state index contributed by atoms with van der Waals surface area (Å²) in [5, 5.41) is 2.76. The minimum atomic E-state index is -3.58. The first-order valence-corrected chi connectivity index (χ1v) is 9.28. The lowest BCUT2D eigenvalue weighted by atomic mass is 10.2. The summed E-state index contributed by atoms with van der Waals surface area (Å²) in [5.74, 6) is -0.224. The topological polar surface area (TPSA) is 92.5 Å². The van der Waals surface area contributed by atoms with E-state index in [1.165, 1.54) is 15.6 Å². The second-order valence-electron chi connectivity index (χ2n) is 5.07. The van der Waals surface area contributed by atoms with Crippen molar-refractivity contribution in [3.8, 4) is 0 Å². The van der Waals surface area contributed by atoms with Crippen molar-refractivity contribution in [3.05, 3.63) is 17.0 Å². The Hall–Kier alpha value is -0.960. The number of nitrogens with zero attached hydrogens (tertiary/aromatic N) is 1. The fraction of sp³-hybridized carbons (Fsp3) is 0.615. The average molecular weight is 331 g/mol. The number of nitrogens with one attached hydrogen (secondary N) is 1. The van der Waals surface area contributed by atoms with Crippen molar-refractivity contribution in [2.45, 2.75) is 36.4 Å². The van der Waals surface area contributed by atoms with E-state index in [2.05, 4.69) is 5.32 Å². The number of carbonyl (C=O) groups excluding carboxylic acids is 1. The molecule has 2 heterocycles. The van der Waals surface area contributed by atoms with Gasteiger partial charge in [0.15, 0.2) is 0 Å². The monoisotopic (exact) mass is 331 g/mol. The van der Waals surface area contributed by atoms with E-state index in [-0.39, 0.29) is 5.91 Å². The van der Waals surface area contributed by atoms with Crippen molar-refractivity contribution < 1.29 is 13.2 Å². The molecule has 1 aromatic heterocycles. The van der Waals surface area contributed by atoms with Gasteiger partial charge in [0.05, 0.1) is 0 Å². The fourth-order valence-corrected chi connectivity index (χ4v) is 5.46. The number of thiophene rings is 1. The maximum absolute atomic E-state index is 12.6. The molecule has 21 heavy (non-hydrogen) atoms. The van der Waals surface area contributed by atoms with E-state index in [0.29, 0.717) is 43.1 Å². The van der Waals surface area contributed by atoms with Crippen LogP contribution in [0.2, 0.25) is 0 Å². The van der Waals surface area contributed by atoms with E-state index in [1.807, 2.05) is 6.92 Å². The first-order chi connectivity index (χ1) is 9.96. The van der Waals surface area contributed by atoms with Crippen LogP contribution in [0, 0.1) is 6.92 Å². The lowest BCUT2D eigenvalue weighted by molar-refractivity contribution is -0.124. The molecule has 2 rings (SSSR count). The first-order valence-electron chi connectivity index (χ1n) is 7.03. The molecule has 1 amide bonds. The molecule has 1 aliphatic heterocycles. The Kier molecular flexibility index (Phi) is 5.37. The molecule has 1 saturated heterocycles. The van der Waals surface area contributed by atoms with Crippen molar-refractivity contribution in [2.75, 3.05) is 19.6 Å². The molecule has 1 unspecified atom stereocenters. The van der Waals surface area contributed by atoms with Gasteiger partial charge in [-0.15, -0.1) is 11.3 Å². The van der Waals surface area contributed by atoms with Crippen molar-refractivity contribution in [2.24, 2.45) is 5.73 Å². The molecular weight excluding hydrogens is 310 g/mol. The van der Waals surface area contributed by atoms with E-state index >= 15 is 0 Å². The van der Waals surface area contributed by atoms with Gasteiger partial charge in [-0.05, 0) is 44.9 Å². The van der Waals surface area contributed by atoms with Crippen molar-refractivity contribution in [1.29, 1.82) is 0 Å². The van der Waals surface area contributed by atoms with Gasteiger partial charge >= 0.3 is 0 Å². The van der Waals surface area contributed by atoms with Crippen LogP contribution < -0.4 is 11.1 Å². The second-order valence-corrected chi connectivity index (χ2v) is 8.48. The highest BCUT2D eigenvalue weighted by atomic mass is 32.2. The van der Waals surface area contributed by atoms with Gasteiger partial charge in [-0.1, -0.05) is 0 Å². The Bertz CT molecular complexity index is 598. The van der Waals surface area contributed by atoms with E-state index in [1.54, 1.807) is 12.1 Å². The predicted molar refractivity (Wildman–Crippen MR) is 82.7 cm³/mol. The van der Waals surface area contributed by atoms with Gasteiger partial charge in [-0.3, -0.25) is 4.79 Å². The van der Waals surface area contributed by atoms with E-state index in [4.69, 9.17) is 5.73 Å². The predicted octanol–water partition coefficient (Wildman–Crippen LogP) is 0.675. The van der Waals surface area contributed by atoms with Crippen molar-refractivity contribution in [3.63, 3.8) is 0 Å². The fourth-order valence-electron chi connectivity index (χ4n) is 2.39. The summed E-state index contributed by atoms with van der Waals surface area (Å²) in [6.07, 6.45) is 1.96. The summed E-state index contributed by atoms with van der Waals surface area (Å²) in [7, 11) is -3.58. The molecule has 1 aromatic rings. The zero-order valence-corrected chi connectivity index (χ0v) is 13.7. The summed E-state index contributed by atoms with van der Waals surface area (Å²) in [4.78, 5) is 13.1. The van der Waals surface area contributed by atoms with Gasteiger partial charge in [0.1, 0.15) is 10.3 Å². The smallest absolute Gasteiger partial charge is 0.253 e. The van der Waals surface area contributed by atoms with Gasteiger partial charge in [0, 0.05) is 18.0 Å². The Balaban J connectivity index is 2.12. The van der Waals surface area contributed by atoms with E-state index < -0.39 is 16.1 Å². The highest BCUT2D eigenvalue weighted by molar-refractivity contribution is 7.91. The van der Waals surface area contributed by atoms with Crippen LogP contribution in [0.1, 0.15) is 24.1 Å². The quantitative estimate of drug-likeness (QED) is 0.750. The molecule has 0 radical (unpaired) electrons. The standard InChI is InChI=1S/C13H21N3O3S2/c1-10-5-6-12(20-10)21(18,19)16-9-2-4-11(16)13(17)15-8-3-7-14/h5-6,11H,2-4,7-9,14H2,1H3,(H,15,17). The van der Waals surface area contributed by atoms with Crippen LogP contribution in [0.4, 0.5) is 0 Å². The van der Waals surface area contributed by atoms with Crippen LogP contribution >= 0.6 is 11.3 Å². The van der Waals surface area contributed by atoms with Crippen LogP contribution in [0.5, 0.6) is 0 Å². The summed E-state index contributed by atoms with van der Waals surface area (Å²) >= 11 is 1.24. The zero-order valence-electron chi connectivity index (χ0n) is 12.0. The number of rotatable bonds is 6. The first kappa shape index (κ1) is 16.4. The maximum atomic E-state index is 12.6. The number of aryl methyl sites for hydroxylation is 1. The van der Waals surface area contributed by atoms with Crippen LogP contribution in [0.3, 0.4) is 0 Å². The molecule has 0 bridgehead atoms. The molecule has 0 aliphatic carbocycles. The van der Waals surface area contributed by atoms with Crippen molar-refractivity contribution >= 4 is 27.3 Å². The highest BCUT2D eigenvalue weighted by Gasteiger charge is 2.39. The molecular formula is C13H21N3O3S2. The third-order valence-corrected chi connectivity index (χ3v) is 6.84. The van der Waals surface area contributed by atoms with E-state index in [0.717, 1.165) is 4.88 Å². The molecule has 118 valence electrons. The van der Waals surface area contributed by atoms with Gasteiger partial charge in [-0.25, -0.2) is 8.42 Å². The SMILES string of the molecule is Cc1ccc(S(=O)(=O)N2CCCC2C(=O)NCCCN)s1. The summed E-state index contributed by atoms with van der Waals surface area (Å²) < 4.78 is 26.9. The third kappa shape index (κ3) is 3.63. The summed E-state index contributed by atoms with van der Waals surface area (Å²) in [6.45, 7) is 3.25. The lowest BCUT2D eigenvalue weighted by Crippen LogP contribution is -2.46. The molecule has 1 aliphatic rings. The molecule has 1 fully saturated rings.